The van der Waals surface area contributed by atoms with E-state index in [0.717, 1.165) is 14.7 Å². The summed E-state index contributed by atoms with van der Waals surface area (Å²) in [6.45, 7) is 1.82. The van der Waals surface area contributed by atoms with E-state index >= 15 is 0 Å². The number of nitrogens with two attached hydrogens (primary N) is 1. The number of hydrogen-bond donors (Lipinski definition) is 2. The molecule has 0 saturated heterocycles. The van der Waals surface area contributed by atoms with Crippen LogP contribution in [0.2, 0.25) is 0 Å². The van der Waals surface area contributed by atoms with E-state index in [4.69, 9.17) is 15.4 Å². The Labute approximate surface area is 187 Å². The third-order valence-electron chi connectivity index (χ3n) is 5.76. The Bertz CT molecular complexity index is 1640. The lowest BCUT2D eigenvalue weighted by molar-refractivity contribution is 0.454. The lowest BCUT2D eigenvalue weighted by Gasteiger charge is -2.22. The Morgan fingerprint density at radius 3 is 2.33 bits per heavy atom. The molecule has 0 aliphatic rings. The van der Waals surface area contributed by atoms with Crippen LogP contribution >= 0.6 is 0 Å². The molecule has 166 valence electrons. The number of hydrogen-bond acceptors (Lipinski definition) is 7. The molecule has 1 atom stereocenters. The van der Waals surface area contributed by atoms with E-state index in [1.807, 2.05) is 13.0 Å². The molecule has 0 spiro atoms. The van der Waals surface area contributed by atoms with Crippen molar-refractivity contribution >= 4 is 16.8 Å². The fraction of sp³-hybridized carbons (Fsp3) is 0.167. The van der Waals surface area contributed by atoms with Gasteiger partial charge < -0.3 is 15.3 Å². The van der Waals surface area contributed by atoms with E-state index in [-0.39, 0.29) is 28.3 Å². The topological polar surface area (TPSA) is 144 Å². The second-order valence-corrected chi connectivity index (χ2v) is 7.82. The number of nitriles is 1. The van der Waals surface area contributed by atoms with E-state index < -0.39 is 22.8 Å². The molecule has 0 bridgehead atoms. The highest BCUT2D eigenvalue weighted by Gasteiger charge is 2.32. The average molecular weight is 444 g/mol. The number of aromatic hydroxyl groups is 1. The summed E-state index contributed by atoms with van der Waals surface area (Å²) in [6, 6.07) is 13.2. The highest BCUT2D eigenvalue weighted by Crippen LogP contribution is 2.38. The first kappa shape index (κ1) is 21.6. The maximum atomic E-state index is 13.2. The van der Waals surface area contributed by atoms with Crippen molar-refractivity contribution in [3.8, 4) is 11.8 Å². The van der Waals surface area contributed by atoms with Crippen LogP contribution in [0.15, 0.2) is 61.3 Å². The fourth-order valence-electron chi connectivity index (χ4n) is 3.95. The van der Waals surface area contributed by atoms with E-state index in [1.165, 1.54) is 26.2 Å². The number of fused-ring (bicyclic) bond motifs is 1. The first-order valence-electron chi connectivity index (χ1n) is 9.97. The molecule has 9 heteroatoms. The molecule has 0 radical (unpaired) electrons. The van der Waals surface area contributed by atoms with Gasteiger partial charge in [-0.1, -0.05) is 23.8 Å². The van der Waals surface area contributed by atoms with Gasteiger partial charge in [0.1, 0.15) is 17.2 Å². The van der Waals surface area contributed by atoms with Crippen LogP contribution in [0, 0.1) is 18.3 Å². The summed E-state index contributed by atoms with van der Waals surface area (Å²) in [5, 5.41) is 20.6. The summed E-state index contributed by atoms with van der Waals surface area (Å²) >= 11 is 0. The second kappa shape index (κ2) is 7.84. The molecule has 33 heavy (non-hydrogen) atoms. The summed E-state index contributed by atoms with van der Waals surface area (Å²) in [4.78, 5) is 38.7. The van der Waals surface area contributed by atoms with Crippen LogP contribution in [0.1, 0.15) is 33.7 Å². The zero-order valence-corrected chi connectivity index (χ0v) is 18.1. The number of nitrogen functional groups attached to an aromatic ring is 1. The molecular formula is C24H20N4O5. The normalized spacial score (nSPS) is 11.9. The zero-order valence-electron chi connectivity index (χ0n) is 18.1. The van der Waals surface area contributed by atoms with Gasteiger partial charge in [-0.3, -0.25) is 13.9 Å². The first-order valence-corrected chi connectivity index (χ1v) is 9.97. The third-order valence-corrected chi connectivity index (χ3v) is 5.76. The van der Waals surface area contributed by atoms with Crippen LogP contribution in [0.5, 0.6) is 5.75 Å². The molecule has 3 N–H and O–H groups in total. The van der Waals surface area contributed by atoms with Crippen LogP contribution in [0.4, 0.5) is 5.82 Å². The van der Waals surface area contributed by atoms with Gasteiger partial charge in [0.15, 0.2) is 0 Å². The van der Waals surface area contributed by atoms with Crippen molar-refractivity contribution in [2.24, 2.45) is 14.1 Å². The molecule has 4 rings (SSSR count). The van der Waals surface area contributed by atoms with Gasteiger partial charge in [0.2, 0.25) is 0 Å². The number of anilines is 1. The van der Waals surface area contributed by atoms with E-state index in [2.05, 4.69) is 0 Å². The molecule has 4 aromatic rings. The molecule has 0 fully saturated rings. The van der Waals surface area contributed by atoms with Crippen molar-refractivity contribution in [3.63, 3.8) is 0 Å². The summed E-state index contributed by atoms with van der Waals surface area (Å²) in [6.07, 6.45) is 0. The molecule has 0 amide bonds. The molecule has 0 aliphatic carbocycles. The van der Waals surface area contributed by atoms with E-state index in [0.29, 0.717) is 16.5 Å². The maximum absolute atomic E-state index is 13.2. The largest absolute Gasteiger partial charge is 0.507 e. The predicted octanol–water partition coefficient (Wildman–Crippen LogP) is 1.84. The Morgan fingerprint density at radius 2 is 1.70 bits per heavy atom. The van der Waals surface area contributed by atoms with E-state index in [1.54, 1.807) is 30.3 Å². The lowest BCUT2D eigenvalue weighted by atomic mass is 9.85. The summed E-state index contributed by atoms with van der Waals surface area (Å²) < 4.78 is 7.45. The number of rotatable bonds is 3. The number of aromatic nitrogens is 2. The van der Waals surface area contributed by atoms with Crippen molar-refractivity contribution in [1.29, 1.82) is 5.26 Å². The summed E-state index contributed by atoms with van der Waals surface area (Å²) in [5.74, 6) is -1.67. The molecule has 1 unspecified atom stereocenters. The molecular weight excluding hydrogens is 424 g/mol. The van der Waals surface area contributed by atoms with Crippen LogP contribution in [-0.2, 0) is 14.1 Å². The Morgan fingerprint density at radius 1 is 1.03 bits per heavy atom. The van der Waals surface area contributed by atoms with Crippen molar-refractivity contribution < 1.29 is 9.52 Å². The molecule has 2 aromatic heterocycles. The fourth-order valence-corrected chi connectivity index (χ4v) is 3.95. The predicted molar refractivity (Wildman–Crippen MR) is 122 cm³/mol. The summed E-state index contributed by atoms with van der Waals surface area (Å²) in [7, 11) is 2.71. The van der Waals surface area contributed by atoms with Gasteiger partial charge in [-0.05, 0) is 36.8 Å². The quantitative estimate of drug-likeness (QED) is 0.459. The van der Waals surface area contributed by atoms with Crippen LogP contribution in [-0.4, -0.2) is 14.2 Å². The Kier molecular flexibility index (Phi) is 5.14. The zero-order chi connectivity index (χ0) is 24.0. The first-order chi connectivity index (χ1) is 15.6. The van der Waals surface area contributed by atoms with Gasteiger partial charge >= 0.3 is 11.3 Å². The molecule has 2 heterocycles. The molecule has 2 aromatic carbocycles. The minimum absolute atomic E-state index is 0.0705. The number of nitrogens with zero attached hydrogens (tertiary/aromatic N) is 3. The van der Waals surface area contributed by atoms with Crippen LogP contribution in [0.25, 0.3) is 11.0 Å². The Hall–Kier alpha value is -4.58. The SMILES string of the molecule is Cc1ccc2oc(=O)c(C(c3ccc(C#N)cc3)c3c(N)n(C)c(=O)n(C)c3=O)c(O)c2c1. The standard InChI is InChI=1S/C24H20N4O5/c1-12-4-9-16-15(10-12)20(29)18(23(31)33-16)17(14-7-5-13(11-25)6-8-14)19-21(26)27(2)24(32)28(3)22(19)30/h4-10,17,29H,26H2,1-3H3. The van der Waals surface area contributed by atoms with Gasteiger partial charge in [0, 0.05) is 14.1 Å². The average Bonchev–Trinajstić information content (AvgIpc) is 2.81. The van der Waals surface area contributed by atoms with Crippen LogP contribution < -0.4 is 22.6 Å². The van der Waals surface area contributed by atoms with Crippen molar-refractivity contribution in [3.05, 3.63) is 102 Å². The Balaban J connectivity index is 2.17. The monoisotopic (exact) mass is 444 g/mol. The van der Waals surface area contributed by atoms with Gasteiger partial charge in [0.05, 0.1) is 34.1 Å². The minimum Gasteiger partial charge on any atom is -0.507 e. The highest BCUT2D eigenvalue weighted by molar-refractivity contribution is 5.85. The molecule has 0 aliphatic heterocycles. The number of benzene rings is 2. The molecule has 0 saturated carbocycles. The third kappa shape index (κ3) is 3.38. The highest BCUT2D eigenvalue weighted by atomic mass is 16.4. The van der Waals surface area contributed by atoms with Gasteiger partial charge in [-0.25, -0.2) is 9.59 Å². The second-order valence-electron chi connectivity index (χ2n) is 7.82. The van der Waals surface area contributed by atoms with Gasteiger partial charge in [-0.15, -0.1) is 0 Å². The van der Waals surface area contributed by atoms with Gasteiger partial charge in [0.25, 0.3) is 5.56 Å². The van der Waals surface area contributed by atoms with Crippen LogP contribution in [0.3, 0.4) is 0 Å². The van der Waals surface area contributed by atoms with Crippen molar-refractivity contribution in [1.82, 2.24) is 9.13 Å². The van der Waals surface area contributed by atoms with Gasteiger partial charge in [-0.2, -0.15) is 5.26 Å². The molecule has 9 nitrogen and oxygen atoms in total. The lowest BCUT2D eigenvalue weighted by Crippen LogP contribution is -2.41. The number of aryl methyl sites for hydroxylation is 1. The van der Waals surface area contributed by atoms with E-state index in [9.17, 15) is 19.5 Å². The maximum Gasteiger partial charge on any atom is 0.344 e. The van der Waals surface area contributed by atoms with Crippen molar-refractivity contribution in [2.45, 2.75) is 12.8 Å². The van der Waals surface area contributed by atoms with Crippen molar-refractivity contribution in [2.75, 3.05) is 5.73 Å². The summed E-state index contributed by atoms with van der Waals surface area (Å²) in [5.41, 5.74) is 5.52. The minimum atomic E-state index is -1.16. The smallest absolute Gasteiger partial charge is 0.344 e.